The second-order valence-corrected chi connectivity index (χ2v) is 4.44. The Morgan fingerprint density at radius 2 is 1.38 bits per heavy atom. The second-order valence-electron chi connectivity index (χ2n) is 4.44. The summed E-state index contributed by atoms with van der Waals surface area (Å²) < 4.78 is 5.58. The highest BCUT2D eigenvalue weighted by Gasteiger charge is 2.04. The van der Waals surface area contributed by atoms with Crippen molar-refractivity contribution in [3.05, 3.63) is 84.3 Å². The third-order valence-electron chi connectivity index (χ3n) is 2.90. The normalized spacial score (nSPS) is 11.4. The topological polar surface area (TPSA) is 38.9 Å². The summed E-state index contributed by atoms with van der Waals surface area (Å²) in [4.78, 5) is 0. The molecule has 1 aromatic heterocycles. The first-order chi connectivity index (χ1) is 10.4. The molecule has 0 aliphatic heterocycles. The van der Waals surface area contributed by atoms with Crippen LogP contribution in [0.25, 0.3) is 23.6 Å². The molecular formula is C18H14N2O. The van der Waals surface area contributed by atoms with Gasteiger partial charge in [0.25, 0.3) is 0 Å². The number of benzene rings is 2. The molecule has 0 radical (unpaired) electrons. The van der Waals surface area contributed by atoms with Crippen molar-refractivity contribution in [2.24, 2.45) is 0 Å². The Hall–Kier alpha value is -2.94. The Morgan fingerprint density at radius 1 is 0.714 bits per heavy atom. The summed E-state index contributed by atoms with van der Waals surface area (Å²) in [7, 11) is 0. The van der Waals surface area contributed by atoms with Crippen molar-refractivity contribution in [3.8, 4) is 11.5 Å². The van der Waals surface area contributed by atoms with Crippen LogP contribution in [0.5, 0.6) is 0 Å². The Labute approximate surface area is 123 Å². The van der Waals surface area contributed by atoms with E-state index in [9.17, 15) is 0 Å². The van der Waals surface area contributed by atoms with Crippen LogP contribution in [0.4, 0.5) is 0 Å². The molecule has 0 aliphatic carbocycles. The zero-order valence-corrected chi connectivity index (χ0v) is 11.4. The van der Waals surface area contributed by atoms with E-state index in [0.29, 0.717) is 11.8 Å². The molecule has 0 bridgehead atoms. The second kappa shape index (κ2) is 6.48. The highest BCUT2D eigenvalue weighted by molar-refractivity contribution is 5.55. The molecule has 0 saturated carbocycles. The maximum absolute atomic E-state index is 5.58. The summed E-state index contributed by atoms with van der Waals surface area (Å²) in [5.41, 5.74) is 2.07. The molecule has 21 heavy (non-hydrogen) atoms. The zero-order valence-electron chi connectivity index (χ0n) is 11.4. The van der Waals surface area contributed by atoms with Crippen LogP contribution in [0.15, 0.2) is 77.2 Å². The van der Waals surface area contributed by atoms with E-state index in [1.54, 1.807) is 6.08 Å². The summed E-state index contributed by atoms with van der Waals surface area (Å²) in [5.74, 6) is 1.02. The predicted molar refractivity (Wildman–Crippen MR) is 84.2 cm³/mol. The van der Waals surface area contributed by atoms with E-state index < -0.39 is 0 Å². The quantitative estimate of drug-likeness (QED) is 0.659. The Kier molecular flexibility index (Phi) is 4.03. The monoisotopic (exact) mass is 274 g/mol. The van der Waals surface area contributed by atoms with Crippen LogP contribution < -0.4 is 0 Å². The molecular weight excluding hydrogens is 260 g/mol. The number of hydrogen-bond donors (Lipinski definition) is 0. The molecule has 3 rings (SSSR count). The number of nitrogens with zero attached hydrogens (tertiary/aromatic N) is 2. The van der Waals surface area contributed by atoms with Crippen LogP contribution in [0, 0.1) is 0 Å². The summed E-state index contributed by atoms with van der Waals surface area (Å²) in [6.07, 6.45) is 7.64. The fourth-order valence-electron chi connectivity index (χ4n) is 1.87. The molecule has 3 heteroatoms. The molecule has 0 N–H and O–H groups in total. The van der Waals surface area contributed by atoms with Gasteiger partial charge in [-0.05, 0) is 17.7 Å². The average Bonchev–Trinajstić information content (AvgIpc) is 3.02. The SMILES string of the molecule is C(/C=C/c1nnc(-c2ccccc2)o1)=C\c1ccccc1. The Bertz CT molecular complexity index is 743. The van der Waals surface area contributed by atoms with Crippen LogP contribution in [0.1, 0.15) is 11.5 Å². The molecule has 0 atom stereocenters. The van der Waals surface area contributed by atoms with Crippen molar-refractivity contribution < 1.29 is 4.42 Å². The van der Waals surface area contributed by atoms with Gasteiger partial charge in [0.05, 0.1) is 0 Å². The minimum absolute atomic E-state index is 0.492. The van der Waals surface area contributed by atoms with Crippen LogP contribution in [0.2, 0.25) is 0 Å². The molecule has 0 aliphatic rings. The van der Waals surface area contributed by atoms with Gasteiger partial charge in [0, 0.05) is 11.6 Å². The first-order valence-electron chi connectivity index (χ1n) is 6.70. The van der Waals surface area contributed by atoms with Crippen molar-refractivity contribution in [2.45, 2.75) is 0 Å². The molecule has 1 heterocycles. The Morgan fingerprint density at radius 3 is 2.14 bits per heavy atom. The van der Waals surface area contributed by atoms with Crippen molar-refractivity contribution >= 4 is 12.2 Å². The maximum atomic E-state index is 5.58. The Balaban J connectivity index is 1.67. The molecule has 0 amide bonds. The van der Waals surface area contributed by atoms with Gasteiger partial charge in [-0.25, -0.2) is 0 Å². The van der Waals surface area contributed by atoms with E-state index in [1.165, 1.54) is 0 Å². The molecule has 0 fully saturated rings. The summed E-state index contributed by atoms with van der Waals surface area (Å²) in [5, 5.41) is 8.03. The van der Waals surface area contributed by atoms with E-state index >= 15 is 0 Å². The number of rotatable bonds is 4. The molecule has 3 aromatic rings. The van der Waals surface area contributed by atoms with Crippen molar-refractivity contribution in [3.63, 3.8) is 0 Å². The summed E-state index contributed by atoms with van der Waals surface area (Å²) in [6, 6.07) is 19.8. The van der Waals surface area contributed by atoms with E-state index in [4.69, 9.17) is 4.42 Å². The third kappa shape index (κ3) is 3.54. The lowest BCUT2D eigenvalue weighted by atomic mass is 10.2. The van der Waals surface area contributed by atoms with Crippen LogP contribution >= 0.6 is 0 Å². The van der Waals surface area contributed by atoms with E-state index in [1.807, 2.05) is 78.9 Å². The minimum Gasteiger partial charge on any atom is -0.417 e. The molecule has 102 valence electrons. The average molecular weight is 274 g/mol. The molecule has 0 spiro atoms. The molecule has 0 unspecified atom stereocenters. The highest BCUT2D eigenvalue weighted by Crippen LogP contribution is 2.17. The highest BCUT2D eigenvalue weighted by atomic mass is 16.4. The van der Waals surface area contributed by atoms with Crippen molar-refractivity contribution in [2.75, 3.05) is 0 Å². The minimum atomic E-state index is 0.492. The van der Waals surface area contributed by atoms with Crippen molar-refractivity contribution in [1.29, 1.82) is 0 Å². The molecule has 3 nitrogen and oxygen atoms in total. The van der Waals surface area contributed by atoms with E-state index in [-0.39, 0.29) is 0 Å². The number of hydrogen-bond acceptors (Lipinski definition) is 3. The zero-order chi connectivity index (χ0) is 14.3. The number of aromatic nitrogens is 2. The van der Waals surface area contributed by atoms with Crippen LogP contribution in [0.3, 0.4) is 0 Å². The van der Waals surface area contributed by atoms with Gasteiger partial charge >= 0.3 is 0 Å². The van der Waals surface area contributed by atoms with Gasteiger partial charge in [-0.3, -0.25) is 0 Å². The fraction of sp³-hybridized carbons (Fsp3) is 0. The van der Waals surface area contributed by atoms with E-state index in [2.05, 4.69) is 10.2 Å². The third-order valence-corrected chi connectivity index (χ3v) is 2.90. The van der Waals surface area contributed by atoms with Crippen LogP contribution in [-0.4, -0.2) is 10.2 Å². The first kappa shape index (κ1) is 13.1. The van der Waals surface area contributed by atoms with Gasteiger partial charge in [-0.15, -0.1) is 10.2 Å². The maximum Gasteiger partial charge on any atom is 0.248 e. The standard InChI is InChI=1S/C18H14N2O/c1-3-9-15(10-4-1)11-7-8-14-17-19-20-18(21-17)16-12-5-2-6-13-16/h1-14H/b11-7+,14-8+. The number of allylic oxidation sites excluding steroid dienone is 2. The van der Waals surface area contributed by atoms with Gasteiger partial charge in [0.15, 0.2) is 0 Å². The van der Waals surface area contributed by atoms with Gasteiger partial charge in [-0.2, -0.15) is 0 Å². The molecule has 0 saturated heterocycles. The lowest BCUT2D eigenvalue weighted by Gasteiger charge is -1.90. The van der Waals surface area contributed by atoms with Gasteiger partial charge in [0.2, 0.25) is 11.8 Å². The molecule has 2 aromatic carbocycles. The smallest absolute Gasteiger partial charge is 0.248 e. The van der Waals surface area contributed by atoms with Crippen molar-refractivity contribution in [1.82, 2.24) is 10.2 Å². The fourth-order valence-corrected chi connectivity index (χ4v) is 1.87. The lowest BCUT2D eigenvalue weighted by molar-refractivity contribution is 0.557. The first-order valence-corrected chi connectivity index (χ1v) is 6.70. The predicted octanol–water partition coefficient (Wildman–Crippen LogP) is 4.46. The van der Waals surface area contributed by atoms with Gasteiger partial charge < -0.3 is 4.42 Å². The van der Waals surface area contributed by atoms with E-state index in [0.717, 1.165) is 11.1 Å². The summed E-state index contributed by atoms with van der Waals surface area (Å²) >= 11 is 0. The van der Waals surface area contributed by atoms with Gasteiger partial charge in [0.1, 0.15) is 0 Å². The van der Waals surface area contributed by atoms with Crippen LogP contribution in [-0.2, 0) is 0 Å². The lowest BCUT2D eigenvalue weighted by Crippen LogP contribution is -1.75. The summed E-state index contributed by atoms with van der Waals surface area (Å²) in [6.45, 7) is 0. The largest absolute Gasteiger partial charge is 0.417 e. The van der Waals surface area contributed by atoms with Gasteiger partial charge in [-0.1, -0.05) is 66.8 Å².